The Kier molecular flexibility index (Phi) is 5.74. The van der Waals surface area contributed by atoms with E-state index in [0.717, 1.165) is 31.4 Å². The number of hydrogen-bond acceptors (Lipinski definition) is 3. The fourth-order valence-electron chi connectivity index (χ4n) is 2.82. The van der Waals surface area contributed by atoms with E-state index in [0.29, 0.717) is 19.4 Å². The maximum Gasteiger partial charge on any atom is 0.238 e. The number of amides is 2. The highest BCUT2D eigenvalue weighted by Crippen LogP contribution is 2.48. The Morgan fingerprint density at radius 3 is 2.17 bits per heavy atom. The van der Waals surface area contributed by atoms with Crippen LogP contribution in [-0.4, -0.2) is 53.8 Å². The maximum atomic E-state index is 12.7. The van der Waals surface area contributed by atoms with Gasteiger partial charge in [-0.05, 0) is 43.4 Å². The van der Waals surface area contributed by atoms with Gasteiger partial charge in [0, 0.05) is 39.6 Å². The van der Waals surface area contributed by atoms with Crippen molar-refractivity contribution in [1.82, 2.24) is 14.8 Å². The van der Waals surface area contributed by atoms with E-state index in [2.05, 4.69) is 11.9 Å². The molecule has 126 valence electrons. The smallest absolute Gasteiger partial charge is 0.238 e. The Morgan fingerprint density at radius 1 is 1.09 bits per heavy atom. The van der Waals surface area contributed by atoms with E-state index in [9.17, 15) is 9.59 Å². The number of nitrogens with zero attached hydrogens (tertiary/aromatic N) is 3. The van der Waals surface area contributed by atoms with Crippen LogP contribution in [0.25, 0.3) is 0 Å². The van der Waals surface area contributed by atoms with Crippen molar-refractivity contribution in [2.75, 3.05) is 27.2 Å². The van der Waals surface area contributed by atoms with E-state index >= 15 is 0 Å². The summed E-state index contributed by atoms with van der Waals surface area (Å²) in [6.45, 7) is 3.45. The molecule has 0 atom stereocenters. The lowest BCUT2D eigenvalue weighted by molar-refractivity contribution is -0.148. The summed E-state index contributed by atoms with van der Waals surface area (Å²) in [7, 11) is 3.60. The molecule has 0 N–H and O–H groups in total. The van der Waals surface area contributed by atoms with Crippen LogP contribution in [0.4, 0.5) is 0 Å². The Balaban J connectivity index is 1.91. The van der Waals surface area contributed by atoms with Crippen LogP contribution in [0, 0.1) is 5.41 Å². The monoisotopic (exact) mass is 317 g/mol. The molecule has 0 saturated heterocycles. The van der Waals surface area contributed by atoms with Crippen LogP contribution in [0.2, 0.25) is 0 Å². The molecule has 0 unspecified atom stereocenters. The fourth-order valence-corrected chi connectivity index (χ4v) is 2.82. The van der Waals surface area contributed by atoms with Crippen molar-refractivity contribution >= 4 is 11.8 Å². The van der Waals surface area contributed by atoms with Gasteiger partial charge in [0.2, 0.25) is 11.8 Å². The summed E-state index contributed by atoms with van der Waals surface area (Å²) in [5.74, 6) is -0.0355. The number of aromatic nitrogens is 1. The average Bonchev–Trinajstić information content (AvgIpc) is 3.38. The lowest BCUT2D eigenvalue weighted by atomic mass is 10.0. The molecule has 0 spiro atoms. The Labute approximate surface area is 138 Å². The third-order valence-corrected chi connectivity index (χ3v) is 4.59. The molecular weight excluding hydrogens is 290 g/mol. The summed E-state index contributed by atoms with van der Waals surface area (Å²) >= 11 is 0. The van der Waals surface area contributed by atoms with Gasteiger partial charge in [-0.1, -0.05) is 13.3 Å². The van der Waals surface area contributed by atoms with Crippen molar-refractivity contribution in [2.45, 2.75) is 39.0 Å². The zero-order chi connectivity index (χ0) is 16.9. The molecule has 1 saturated carbocycles. The van der Waals surface area contributed by atoms with Gasteiger partial charge in [-0.2, -0.15) is 0 Å². The molecule has 1 aromatic rings. The highest BCUT2D eigenvalue weighted by molar-refractivity contribution is 6.07. The zero-order valence-corrected chi connectivity index (χ0v) is 14.4. The van der Waals surface area contributed by atoms with Crippen LogP contribution in [0.5, 0.6) is 0 Å². The van der Waals surface area contributed by atoms with Crippen molar-refractivity contribution in [3.8, 4) is 0 Å². The molecule has 0 bridgehead atoms. The predicted molar refractivity (Wildman–Crippen MR) is 89.8 cm³/mol. The normalized spacial score (nSPS) is 15.1. The third kappa shape index (κ3) is 4.09. The summed E-state index contributed by atoms with van der Waals surface area (Å²) in [5.41, 5.74) is 0.367. The second-order valence-electron chi connectivity index (χ2n) is 6.49. The van der Waals surface area contributed by atoms with Gasteiger partial charge in [0.05, 0.1) is 0 Å². The number of carbonyl (C=O) groups excluding carboxylic acids is 2. The Morgan fingerprint density at radius 2 is 1.65 bits per heavy atom. The zero-order valence-electron chi connectivity index (χ0n) is 14.4. The number of rotatable bonds is 8. The first-order valence-electron chi connectivity index (χ1n) is 8.41. The molecule has 2 amide bonds. The maximum absolute atomic E-state index is 12.7. The topological polar surface area (TPSA) is 53.5 Å². The van der Waals surface area contributed by atoms with Gasteiger partial charge in [-0.3, -0.25) is 14.6 Å². The van der Waals surface area contributed by atoms with Crippen molar-refractivity contribution in [2.24, 2.45) is 5.41 Å². The largest absolute Gasteiger partial charge is 0.345 e. The third-order valence-electron chi connectivity index (χ3n) is 4.59. The molecule has 0 aliphatic heterocycles. The Hall–Kier alpha value is -1.91. The van der Waals surface area contributed by atoms with Gasteiger partial charge >= 0.3 is 0 Å². The van der Waals surface area contributed by atoms with E-state index in [-0.39, 0.29) is 11.8 Å². The predicted octanol–water partition coefficient (Wildman–Crippen LogP) is 2.12. The van der Waals surface area contributed by atoms with E-state index < -0.39 is 5.41 Å². The highest BCUT2D eigenvalue weighted by atomic mass is 16.2. The van der Waals surface area contributed by atoms with E-state index in [1.165, 1.54) is 0 Å². The summed E-state index contributed by atoms with van der Waals surface area (Å²) in [6, 6.07) is 3.91. The van der Waals surface area contributed by atoms with Crippen LogP contribution < -0.4 is 0 Å². The molecule has 1 heterocycles. The molecule has 1 aliphatic carbocycles. The van der Waals surface area contributed by atoms with Gasteiger partial charge in [0.25, 0.3) is 0 Å². The standard InChI is InChI=1S/C18H27N3O2/c1-4-5-13-20(2)16(22)18(9-10-18)17(23)21(3)14-8-15-6-11-19-12-7-15/h6-7,11-12H,4-5,8-10,13-14H2,1-3H3. The number of carbonyl (C=O) groups is 2. The molecule has 0 aromatic carbocycles. The van der Waals surface area contributed by atoms with Crippen LogP contribution in [0.15, 0.2) is 24.5 Å². The number of likely N-dealkylation sites (N-methyl/N-ethyl adjacent to an activating group) is 1. The minimum atomic E-state index is -0.782. The molecule has 1 aliphatic rings. The average molecular weight is 317 g/mol. The summed E-state index contributed by atoms with van der Waals surface area (Å²) in [5, 5.41) is 0. The number of unbranched alkanes of at least 4 members (excludes halogenated alkanes) is 1. The van der Waals surface area contributed by atoms with Crippen LogP contribution in [0.3, 0.4) is 0 Å². The molecule has 2 rings (SSSR count). The molecule has 0 radical (unpaired) electrons. The molecular formula is C18H27N3O2. The van der Waals surface area contributed by atoms with Gasteiger partial charge in [0.1, 0.15) is 5.41 Å². The van der Waals surface area contributed by atoms with E-state index in [1.807, 2.05) is 19.2 Å². The fraction of sp³-hybridized carbons (Fsp3) is 0.611. The lowest BCUT2D eigenvalue weighted by Crippen LogP contribution is -2.45. The number of pyridine rings is 1. The van der Waals surface area contributed by atoms with E-state index in [4.69, 9.17) is 0 Å². The summed E-state index contributed by atoms with van der Waals surface area (Å²) in [6.07, 6.45) is 7.68. The van der Waals surface area contributed by atoms with E-state index in [1.54, 1.807) is 29.2 Å². The minimum absolute atomic E-state index is 0.00767. The van der Waals surface area contributed by atoms with Crippen LogP contribution in [-0.2, 0) is 16.0 Å². The highest BCUT2D eigenvalue weighted by Gasteiger charge is 2.58. The molecule has 23 heavy (non-hydrogen) atoms. The van der Waals surface area contributed by atoms with Gasteiger partial charge in [-0.15, -0.1) is 0 Å². The minimum Gasteiger partial charge on any atom is -0.345 e. The Bertz CT molecular complexity index is 540. The van der Waals surface area contributed by atoms with Crippen LogP contribution in [0.1, 0.15) is 38.2 Å². The van der Waals surface area contributed by atoms with Crippen molar-refractivity contribution in [3.05, 3.63) is 30.1 Å². The molecule has 5 heteroatoms. The van der Waals surface area contributed by atoms with Crippen LogP contribution >= 0.6 is 0 Å². The quantitative estimate of drug-likeness (QED) is 0.690. The second-order valence-corrected chi connectivity index (χ2v) is 6.49. The molecule has 5 nitrogen and oxygen atoms in total. The summed E-state index contributed by atoms with van der Waals surface area (Å²) in [4.78, 5) is 32.8. The molecule has 1 aromatic heterocycles. The van der Waals surface area contributed by atoms with Crippen molar-refractivity contribution < 1.29 is 9.59 Å². The molecule has 1 fully saturated rings. The van der Waals surface area contributed by atoms with Gasteiger partial charge in [0.15, 0.2) is 0 Å². The van der Waals surface area contributed by atoms with Crippen molar-refractivity contribution in [3.63, 3.8) is 0 Å². The first-order chi connectivity index (χ1) is 11.0. The lowest BCUT2D eigenvalue weighted by Gasteiger charge is -2.27. The summed E-state index contributed by atoms with van der Waals surface area (Å²) < 4.78 is 0. The first-order valence-corrected chi connectivity index (χ1v) is 8.41. The second kappa shape index (κ2) is 7.57. The first kappa shape index (κ1) is 17.4. The number of hydrogen-bond donors (Lipinski definition) is 0. The van der Waals surface area contributed by atoms with Gasteiger partial charge in [-0.25, -0.2) is 0 Å². The SMILES string of the molecule is CCCCN(C)C(=O)C1(C(=O)N(C)CCc2ccncc2)CC1. The van der Waals surface area contributed by atoms with Crippen molar-refractivity contribution in [1.29, 1.82) is 0 Å². The van der Waals surface area contributed by atoms with Gasteiger partial charge < -0.3 is 9.80 Å².